The predicted molar refractivity (Wildman–Crippen MR) is 80.3 cm³/mol. The summed E-state index contributed by atoms with van der Waals surface area (Å²) < 4.78 is 0. The first-order chi connectivity index (χ1) is 10.6. The van der Waals surface area contributed by atoms with Gasteiger partial charge in [0.1, 0.15) is 0 Å². The number of aromatic amines is 1. The summed E-state index contributed by atoms with van der Waals surface area (Å²) in [4.78, 5) is 24.2. The van der Waals surface area contributed by atoms with E-state index in [0.717, 1.165) is 22.5 Å². The number of primary amides is 1. The van der Waals surface area contributed by atoms with Gasteiger partial charge in [-0.2, -0.15) is 5.10 Å². The van der Waals surface area contributed by atoms with Crippen molar-refractivity contribution >= 4 is 17.6 Å². The van der Waals surface area contributed by atoms with Crippen LogP contribution in [0.5, 0.6) is 0 Å². The molecule has 0 bridgehead atoms. The highest BCUT2D eigenvalue weighted by Gasteiger charge is 2.28. The second-order valence-corrected chi connectivity index (χ2v) is 4.86. The molecule has 1 aromatic heterocycles. The van der Waals surface area contributed by atoms with E-state index in [-0.39, 0.29) is 0 Å². The zero-order chi connectivity index (χ0) is 15.7. The van der Waals surface area contributed by atoms with Crippen LogP contribution in [0.1, 0.15) is 11.3 Å². The van der Waals surface area contributed by atoms with Crippen LogP contribution in [0.2, 0.25) is 0 Å². The second-order valence-electron chi connectivity index (χ2n) is 4.86. The molecule has 2 heterocycles. The fourth-order valence-electron chi connectivity index (χ4n) is 2.48. The van der Waals surface area contributed by atoms with Gasteiger partial charge in [-0.1, -0.05) is 18.2 Å². The number of terminal acetylenes is 1. The molecule has 0 unspecified atom stereocenters. The number of nitrogens with one attached hydrogen (secondary N) is 2. The lowest BCUT2D eigenvalue weighted by Gasteiger charge is -2.13. The molecule has 3 rings (SSSR count). The lowest BCUT2D eigenvalue weighted by Crippen LogP contribution is -2.31. The monoisotopic (exact) mass is 295 g/mol. The van der Waals surface area contributed by atoms with E-state index in [4.69, 9.17) is 12.2 Å². The summed E-state index contributed by atoms with van der Waals surface area (Å²) in [7, 11) is 0. The van der Waals surface area contributed by atoms with Gasteiger partial charge in [0.2, 0.25) is 0 Å². The lowest BCUT2D eigenvalue weighted by molar-refractivity contribution is -0.111. The normalized spacial score (nSPS) is 12.6. The van der Waals surface area contributed by atoms with Crippen LogP contribution < -0.4 is 11.1 Å². The average Bonchev–Trinajstić information content (AvgIpc) is 3.08. The Bertz CT molecular complexity index is 803. The maximum absolute atomic E-state index is 11.4. The summed E-state index contributed by atoms with van der Waals surface area (Å²) >= 11 is 0. The van der Waals surface area contributed by atoms with Crippen LogP contribution >= 0.6 is 0 Å². The van der Waals surface area contributed by atoms with Gasteiger partial charge in [-0.3, -0.25) is 9.89 Å². The fourth-order valence-corrected chi connectivity index (χ4v) is 2.48. The number of carbonyl (C=O) groups excluding carboxylic acids is 2. The number of nitrogens with zero attached hydrogens (tertiary/aromatic N) is 2. The van der Waals surface area contributed by atoms with Gasteiger partial charge in [0.15, 0.2) is 0 Å². The highest BCUT2D eigenvalue weighted by Crippen LogP contribution is 2.34. The Kier molecular flexibility index (Phi) is 3.27. The number of benzene rings is 1. The molecule has 1 aliphatic heterocycles. The van der Waals surface area contributed by atoms with Crippen molar-refractivity contribution in [3.05, 3.63) is 35.5 Å². The molecule has 0 saturated heterocycles. The van der Waals surface area contributed by atoms with Gasteiger partial charge in [0, 0.05) is 11.1 Å². The van der Waals surface area contributed by atoms with E-state index in [2.05, 4.69) is 15.5 Å². The Balaban J connectivity index is 2.00. The van der Waals surface area contributed by atoms with E-state index >= 15 is 0 Å². The number of carbonyl (C=O) groups is 2. The predicted octanol–water partition coefficient (Wildman–Crippen LogP) is 1.04. The van der Waals surface area contributed by atoms with Crippen LogP contribution in [0.25, 0.3) is 11.3 Å². The maximum Gasteiger partial charge on any atom is 0.315 e. The molecule has 0 aliphatic carbocycles. The number of aromatic nitrogens is 2. The first-order valence-electron chi connectivity index (χ1n) is 6.57. The molecule has 22 heavy (non-hydrogen) atoms. The van der Waals surface area contributed by atoms with Crippen LogP contribution in [0.4, 0.5) is 10.5 Å². The van der Waals surface area contributed by atoms with Crippen LogP contribution in [-0.2, 0) is 17.9 Å². The minimum atomic E-state index is -0.526. The third-order valence-corrected chi connectivity index (χ3v) is 3.53. The van der Waals surface area contributed by atoms with Crippen LogP contribution in [0, 0.1) is 12.3 Å². The van der Waals surface area contributed by atoms with E-state index < -0.39 is 11.9 Å². The third kappa shape index (κ3) is 2.27. The van der Waals surface area contributed by atoms with Crippen molar-refractivity contribution in [1.82, 2.24) is 15.1 Å². The molecule has 0 atom stereocenters. The number of para-hydroxylation sites is 1. The molecule has 7 nitrogen and oxygen atoms in total. The van der Waals surface area contributed by atoms with E-state index in [1.807, 2.05) is 18.1 Å². The summed E-state index contributed by atoms with van der Waals surface area (Å²) in [6, 6.07) is 6.74. The molecule has 1 aromatic carbocycles. The maximum atomic E-state index is 11.4. The molecule has 7 heteroatoms. The van der Waals surface area contributed by atoms with Crippen LogP contribution in [0.15, 0.2) is 24.3 Å². The van der Waals surface area contributed by atoms with Gasteiger partial charge in [-0.15, -0.1) is 6.42 Å². The number of urea groups is 1. The molecule has 2 aromatic rings. The van der Waals surface area contributed by atoms with Crippen molar-refractivity contribution in [1.29, 1.82) is 0 Å². The van der Waals surface area contributed by atoms with Crippen molar-refractivity contribution in [2.24, 2.45) is 5.73 Å². The Morgan fingerprint density at radius 1 is 1.36 bits per heavy atom. The van der Waals surface area contributed by atoms with Crippen LogP contribution in [0.3, 0.4) is 0 Å². The number of rotatable bonds is 2. The smallest absolute Gasteiger partial charge is 0.315 e. The molecule has 0 radical (unpaired) electrons. The molecule has 4 N–H and O–H groups in total. The Hall–Kier alpha value is -3.27. The summed E-state index contributed by atoms with van der Waals surface area (Å²) in [6.45, 7) is 0.758. The molecule has 110 valence electrons. The number of hydrogen-bond acceptors (Lipinski definition) is 3. The SMILES string of the molecule is C#CC(=O)Nc1ccccc1-c1[nH]nc2c1CN(C(N)=O)C2. The summed E-state index contributed by atoms with van der Waals surface area (Å²) in [5.74, 6) is 1.49. The van der Waals surface area contributed by atoms with Crippen molar-refractivity contribution in [2.75, 3.05) is 5.32 Å². The Morgan fingerprint density at radius 3 is 2.86 bits per heavy atom. The number of fused-ring (bicyclic) bond motifs is 1. The van der Waals surface area contributed by atoms with E-state index in [9.17, 15) is 9.59 Å². The Morgan fingerprint density at radius 2 is 2.14 bits per heavy atom. The van der Waals surface area contributed by atoms with E-state index in [0.29, 0.717) is 18.8 Å². The van der Waals surface area contributed by atoms with Gasteiger partial charge < -0.3 is 16.0 Å². The summed E-state index contributed by atoms with van der Waals surface area (Å²) in [5, 5.41) is 9.82. The molecular weight excluding hydrogens is 282 g/mol. The van der Waals surface area contributed by atoms with Gasteiger partial charge in [0.25, 0.3) is 5.91 Å². The van der Waals surface area contributed by atoms with Crippen molar-refractivity contribution in [2.45, 2.75) is 13.1 Å². The average molecular weight is 295 g/mol. The van der Waals surface area contributed by atoms with Gasteiger partial charge in [0.05, 0.1) is 30.2 Å². The quantitative estimate of drug-likeness (QED) is 0.721. The minimum Gasteiger partial charge on any atom is -0.351 e. The topological polar surface area (TPSA) is 104 Å². The zero-order valence-corrected chi connectivity index (χ0v) is 11.6. The fraction of sp³-hybridized carbons (Fsp3) is 0.133. The van der Waals surface area contributed by atoms with E-state index in [1.54, 1.807) is 12.1 Å². The second kappa shape index (κ2) is 5.26. The number of H-pyrrole nitrogens is 1. The van der Waals surface area contributed by atoms with E-state index in [1.165, 1.54) is 4.90 Å². The number of nitrogens with two attached hydrogens (primary N) is 1. The van der Waals surface area contributed by atoms with Crippen molar-refractivity contribution in [3.63, 3.8) is 0 Å². The highest BCUT2D eigenvalue weighted by molar-refractivity contribution is 6.05. The van der Waals surface area contributed by atoms with Crippen molar-refractivity contribution < 1.29 is 9.59 Å². The summed E-state index contributed by atoms with van der Waals surface area (Å²) in [5.41, 5.74) is 9.05. The Labute approximate surface area is 126 Å². The number of hydrogen-bond donors (Lipinski definition) is 3. The number of anilines is 1. The largest absolute Gasteiger partial charge is 0.351 e. The third-order valence-electron chi connectivity index (χ3n) is 3.53. The molecule has 3 amide bonds. The van der Waals surface area contributed by atoms with Crippen molar-refractivity contribution in [3.8, 4) is 23.6 Å². The van der Waals surface area contributed by atoms with Crippen LogP contribution in [-0.4, -0.2) is 27.0 Å². The van der Waals surface area contributed by atoms with Gasteiger partial charge in [-0.05, 0) is 12.0 Å². The standard InChI is InChI=1S/C15H13N5O2/c1-2-13(21)17-11-6-4-3-5-9(11)14-10-7-20(15(16)22)8-12(10)18-19-14/h1,3-6H,7-8H2,(H2,16,22)(H,17,21)(H,18,19). The summed E-state index contributed by atoms with van der Waals surface area (Å²) in [6.07, 6.45) is 5.09. The molecule has 0 fully saturated rings. The highest BCUT2D eigenvalue weighted by atomic mass is 16.2. The van der Waals surface area contributed by atoms with Gasteiger partial charge in [-0.25, -0.2) is 4.79 Å². The lowest BCUT2D eigenvalue weighted by atomic mass is 10.0. The molecular formula is C15H13N5O2. The number of amides is 3. The molecule has 0 spiro atoms. The first-order valence-corrected chi connectivity index (χ1v) is 6.57. The first kappa shape index (κ1) is 13.7. The molecule has 0 saturated carbocycles. The zero-order valence-electron chi connectivity index (χ0n) is 11.6. The minimum absolute atomic E-state index is 0.375. The van der Waals surface area contributed by atoms with Gasteiger partial charge >= 0.3 is 6.03 Å². The molecule has 1 aliphatic rings.